The van der Waals surface area contributed by atoms with Crippen LogP contribution in [-0.2, 0) is 6.54 Å². The molecule has 20 heavy (non-hydrogen) atoms. The average Bonchev–Trinajstić information content (AvgIpc) is 2.83. The van der Waals surface area contributed by atoms with Crippen molar-refractivity contribution in [3.63, 3.8) is 0 Å². The summed E-state index contributed by atoms with van der Waals surface area (Å²) >= 11 is 1.58. The number of phenols is 1. The van der Waals surface area contributed by atoms with Crippen molar-refractivity contribution in [1.82, 2.24) is 4.98 Å². The van der Waals surface area contributed by atoms with E-state index in [1.165, 1.54) is 0 Å². The highest BCUT2D eigenvalue weighted by Gasteiger charge is 2.12. The van der Waals surface area contributed by atoms with Crippen LogP contribution >= 0.6 is 11.3 Å². The van der Waals surface area contributed by atoms with E-state index in [4.69, 9.17) is 4.74 Å². The van der Waals surface area contributed by atoms with Crippen LogP contribution < -0.4 is 15.0 Å². The summed E-state index contributed by atoms with van der Waals surface area (Å²) in [5, 5.41) is 13.9. The van der Waals surface area contributed by atoms with Gasteiger partial charge < -0.3 is 20.1 Å². The lowest BCUT2D eigenvalue weighted by molar-refractivity contribution is 0.397. The summed E-state index contributed by atoms with van der Waals surface area (Å²) in [5.41, 5.74) is 1.73. The van der Waals surface area contributed by atoms with Crippen molar-refractivity contribution in [2.75, 3.05) is 31.4 Å². The molecule has 0 aliphatic heterocycles. The molecule has 1 aromatic heterocycles. The van der Waals surface area contributed by atoms with Crippen molar-refractivity contribution in [2.45, 2.75) is 13.5 Å². The molecule has 0 atom stereocenters. The second-order valence-corrected chi connectivity index (χ2v) is 5.74. The van der Waals surface area contributed by atoms with Gasteiger partial charge in [-0.1, -0.05) is 17.4 Å². The Hall–Kier alpha value is -1.95. The molecule has 2 N–H and O–H groups in total. The molecule has 108 valence electrons. The number of methoxy groups -OCH3 is 1. The molecule has 1 aromatic carbocycles. The fourth-order valence-electron chi connectivity index (χ4n) is 1.69. The third kappa shape index (κ3) is 3.14. The Morgan fingerprint density at radius 3 is 2.75 bits per heavy atom. The molecule has 6 heteroatoms. The van der Waals surface area contributed by atoms with Gasteiger partial charge in [-0.2, -0.15) is 4.98 Å². The van der Waals surface area contributed by atoms with Crippen LogP contribution in [0.2, 0.25) is 0 Å². The van der Waals surface area contributed by atoms with Crippen molar-refractivity contribution >= 4 is 22.2 Å². The fraction of sp³-hybridized carbons (Fsp3) is 0.357. The lowest BCUT2D eigenvalue weighted by Gasteiger charge is -2.07. The minimum absolute atomic E-state index is 0.292. The Labute approximate surface area is 122 Å². The number of nitrogens with one attached hydrogen (secondary N) is 1. The predicted octanol–water partition coefficient (Wildman–Crippen LogP) is 2.84. The first-order chi connectivity index (χ1) is 9.51. The maximum Gasteiger partial charge on any atom is 0.231 e. The average molecular weight is 293 g/mol. The number of thiazole rings is 1. The molecule has 0 saturated heterocycles. The highest BCUT2D eigenvalue weighted by Crippen LogP contribution is 2.31. The molecular formula is C14H19N3O2S. The van der Waals surface area contributed by atoms with E-state index >= 15 is 0 Å². The third-order valence-electron chi connectivity index (χ3n) is 2.89. The Morgan fingerprint density at radius 2 is 2.15 bits per heavy atom. The van der Waals surface area contributed by atoms with E-state index in [2.05, 4.69) is 10.3 Å². The van der Waals surface area contributed by atoms with Crippen LogP contribution in [-0.4, -0.2) is 31.3 Å². The number of aromatic hydroxyl groups is 1. The summed E-state index contributed by atoms with van der Waals surface area (Å²) < 4.78 is 5.29. The number of nitrogens with zero attached hydrogens (tertiary/aromatic N) is 2. The van der Waals surface area contributed by atoms with E-state index in [0.29, 0.717) is 18.2 Å². The topological polar surface area (TPSA) is 57.6 Å². The highest BCUT2D eigenvalue weighted by molar-refractivity contribution is 7.15. The van der Waals surface area contributed by atoms with Crippen LogP contribution in [0.15, 0.2) is 18.2 Å². The van der Waals surface area contributed by atoms with E-state index < -0.39 is 0 Å². The van der Waals surface area contributed by atoms with Crippen molar-refractivity contribution in [1.29, 1.82) is 0 Å². The number of rotatable bonds is 5. The number of anilines is 2. The van der Waals surface area contributed by atoms with Crippen LogP contribution in [0, 0.1) is 6.92 Å². The van der Waals surface area contributed by atoms with E-state index in [-0.39, 0.29) is 0 Å². The number of ether oxygens (including phenoxy) is 1. The largest absolute Gasteiger partial charge is 0.508 e. The van der Waals surface area contributed by atoms with Gasteiger partial charge in [0, 0.05) is 25.8 Å². The molecular weight excluding hydrogens is 274 g/mol. The van der Waals surface area contributed by atoms with Crippen LogP contribution in [0.3, 0.4) is 0 Å². The molecule has 1 heterocycles. The van der Waals surface area contributed by atoms with Gasteiger partial charge in [-0.15, -0.1) is 0 Å². The Morgan fingerprint density at radius 1 is 1.40 bits per heavy atom. The summed E-state index contributed by atoms with van der Waals surface area (Å²) in [6.45, 7) is 2.48. The van der Waals surface area contributed by atoms with Crippen LogP contribution in [0.1, 0.15) is 10.4 Å². The lowest BCUT2D eigenvalue weighted by atomic mass is 10.2. The summed E-state index contributed by atoms with van der Waals surface area (Å²) in [6.07, 6.45) is 0. The predicted molar refractivity (Wildman–Crippen MR) is 83.2 cm³/mol. The number of aryl methyl sites for hydroxylation is 1. The van der Waals surface area contributed by atoms with Crippen LogP contribution in [0.4, 0.5) is 10.8 Å². The third-order valence-corrected chi connectivity index (χ3v) is 4.09. The SMILES string of the molecule is COc1nc(N(C)C)sc1CNc1ccc(C)c(O)c1. The molecule has 5 nitrogen and oxygen atoms in total. The Kier molecular flexibility index (Phi) is 4.34. The van der Waals surface area contributed by atoms with Gasteiger partial charge in [0.15, 0.2) is 5.13 Å². The highest BCUT2D eigenvalue weighted by atomic mass is 32.1. The first-order valence-electron chi connectivity index (χ1n) is 6.25. The molecule has 0 unspecified atom stereocenters. The van der Waals surface area contributed by atoms with Crippen LogP contribution in [0.25, 0.3) is 0 Å². The monoisotopic (exact) mass is 293 g/mol. The second-order valence-electron chi connectivity index (χ2n) is 4.68. The van der Waals surface area contributed by atoms with E-state index in [9.17, 15) is 5.11 Å². The van der Waals surface area contributed by atoms with Crippen molar-refractivity contribution in [2.24, 2.45) is 0 Å². The molecule has 0 saturated carbocycles. The first kappa shape index (κ1) is 14.5. The molecule has 2 rings (SSSR count). The molecule has 0 bridgehead atoms. The molecule has 2 aromatic rings. The van der Waals surface area contributed by atoms with Gasteiger partial charge in [-0.05, 0) is 18.6 Å². The van der Waals surface area contributed by atoms with Crippen molar-refractivity contribution in [3.8, 4) is 11.6 Å². The van der Waals surface area contributed by atoms with Gasteiger partial charge in [-0.3, -0.25) is 0 Å². The zero-order chi connectivity index (χ0) is 14.7. The standard InChI is InChI=1S/C14H19N3O2S/c1-9-5-6-10(7-11(9)18)15-8-12-13(19-4)16-14(20-12)17(2)3/h5-7,15,18H,8H2,1-4H3. The minimum atomic E-state index is 0.292. The van der Waals surface area contributed by atoms with Gasteiger partial charge in [-0.25, -0.2) is 0 Å². The normalized spacial score (nSPS) is 10.4. The summed E-state index contributed by atoms with van der Waals surface area (Å²) in [7, 11) is 5.52. The van der Waals surface area contributed by atoms with Gasteiger partial charge in [0.25, 0.3) is 0 Å². The Balaban J connectivity index is 2.11. The van der Waals surface area contributed by atoms with Gasteiger partial charge in [0.2, 0.25) is 5.88 Å². The lowest BCUT2D eigenvalue weighted by Crippen LogP contribution is -2.07. The summed E-state index contributed by atoms with van der Waals surface area (Å²) in [6, 6.07) is 5.54. The number of hydrogen-bond donors (Lipinski definition) is 2. The summed E-state index contributed by atoms with van der Waals surface area (Å²) in [4.78, 5) is 7.38. The van der Waals surface area contributed by atoms with E-state index in [1.807, 2.05) is 38.1 Å². The zero-order valence-electron chi connectivity index (χ0n) is 12.1. The summed E-state index contributed by atoms with van der Waals surface area (Å²) in [5.74, 6) is 0.933. The number of benzene rings is 1. The second kappa shape index (κ2) is 6.00. The van der Waals surface area contributed by atoms with Crippen molar-refractivity contribution in [3.05, 3.63) is 28.6 Å². The number of hydrogen-bond acceptors (Lipinski definition) is 6. The van der Waals surface area contributed by atoms with Gasteiger partial charge >= 0.3 is 0 Å². The van der Waals surface area contributed by atoms with Gasteiger partial charge in [0.1, 0.15) is 5.75 Å². The molecule has 0 amide bonds. The number of phenolic OH excluding ortho intramolecular Hbond substituents is 1. The maximum atomic E-state index is 9.69. The Bertz CT molecular complexity index is 596. The maximum absolute atomic E-state index is 9.69. The number of aromatic nitrogens is 1. The fourth-order valence-corrected chi connectivity index (χ4v) is 2.58. The van der Waals surface area contributed by atoms with E-state index in [0.717, 1.165) is 21.3 Å². The smallest absolute Gasteiger partial charge is 0.231 e. The molecule has 0 aliphatic rings. The first-order valence-corrected chi connectivity index (χ1v) is 7.07. The molecule has 0 fully saturated rings. The minimum Gasteiger partial charge on any atom is -0.508 e. The van der Waals surface area contributed by atoms with Crippen molar-refractivity contribution < 1.29 is 9.84 Å². The van der Waals surface area contributed by atoms with E-state index in [1.54, 1.807) is 24.5 Å². The molecule has 0 radical (unpaired) electrons. The quantitative estimate of drug-likeness (QED) is 0.888. The zero-order valence-corrected chi connectivity index (χ0v) is 12.9. The van der Waals surface area contributed by atoms with Gasteiger partial charge in [0.05, 0.1) is 18.5 Å². The molecule has 0 aliphatic carbocycles. The molecule has 0 spiro atoms. The van der Waals surface area contributed by atoms with Crippen LogP contribution in [0.5, 0.6) is 11.6 Å².